The van der Waals surface area contributed by atoms with E-state index in [0.29, 0.717) is 17.9 Å². The zero-order valence-electron chi connectivity index (χ0n) is 25.3. The van der Waals surface area contributed by atoms with Crippen LogP contribution >= 0.6 is 0 Å². The fourth-order valence-corrected chi connectivity index (χ4v) is 4.29. The largest absolute Gasteiger partial charge is 0.444 e. The Hall–Kier alpha value is -2.83. The van der Waals surface area contributed by atoms with Crippen molar-refractivity contribution in [2.75, 3.05) is 0 Å². The molecule has 0 aliphatic rings. The maximum Gasteiger partial charge on any atom is 0.408 e. The first-order chi connectivity index (χ1) is 17.5. The zero-order valence-corrected chi connectivity index (χ0v) is 25.3. The van der Waals surface area contributed by atoms with Gasteiger partial charge >= 0.3 is 6.09 Å². The minimum absolute atomic E-state index is 0.109. The highest BCUT2D eigenvalue weighted by Crippen LogP contribution is 2.29. The topological polar surface area (TPSA) is 87.7 Å². The number of carbonyl (C=O) groups is 3. The average molecular weight is 530 g/mol. The lowest BCUT2D eigenvalue weighted by molar-refractivity contribution is -0.145. The van der Waals surface area contributed by atoms with Crippen LogP contribution in [0.2, 0.25) is 0 Å². The number of benzene rings is 1. The van der Waals surface area contributed by atoms with E-state index < -0.39 is 23.8 Å². The first kappa shape index (κ1) is 33.2. The Morgan fingerprint density at radius 1 is 0.974 bits per heavy atom. The minimum atomic E-state index is -0.873. The molecule has 214 valence electrons. The van der Waals surface area contributed by atoms with Crippen LogP contribution in [0.4, 0.5) is 4.79 Å². The van der Waals surface area contributed by atoms with Crippen LogP contribution in [0.1, 0.15) is 106 Å². The summed E-state index contributed by atoms with van der Waals surface area (Å²) in [5.41, 5.74) is 0.855. The summed E-state index contributed by atoms with van der Waals surface area (Å²) in [6.45, 7) is 23.3. The first-order valence-corrected chi connectivity index (χ1v) is 13.9. The molecule has 1 aromatic carbocycles. The van der Waals surface area contributed by atoms with E-state index in [1.165, 1.54) is 0 Å². The summed E-state index contributed by atoms with van der Waals surface area (Å²) in [4.78, 5) is 42.6. The van der Waals surface area contributed by atoms with Gasteiger partial charge in [0.05, 0.1) is 0 Å². The molecule has 0 aliphatic carbocycles. The van der Waals surface area contributed by atoms with Gasteiger partial charge in [-0.05, 0) is 89.8 Å². The third-order valence-electron chi connectivity index (χ3n) is 6.01. The summed E-state index contributed by atoms with van der Waals surface area (Å²) >= 11 is 0. The highest BCUT2D eigenvalue weighted by molar-refractivity contribution is 5.92. The number of ether oxygens (including phenoxy) is 1. The van der Waals surface area contributed by atoms with Gasteiger partial charge in [0.1, 0.15) is 17.7 Å². The molecule has 1 aromatic rings. The second-order valence-electron chi connectivity index (χ2n) is 12.3. The van der Waals surface area contributed by atoms with Gasteiger partial charge in [-0.2, -0.15) is 0 Å². The SMILES string of the molecule is C=Cc1cccc(C(C(=O)NC(C)C)N(C(=O)C(CC(C)C)NC(=O)OC(C)(C)C)C(C)CCC(C)C)c1. The first-order valence-electron chi connectivity index (χ1n) is 13.9. The number of alkyl carbamates (subject to hydrolysis) is 1. The van der Waals surface area contributed by atoms with E-state index in [1.807, 2.05) is 58.9 Å². The summed E-state index contributed by atoms with van der Waals surface area (Å²) in [7, 11) is 0. The number of amides is 3. The maximum absolute atomic E-state index is 14.4. The van der Waals surface area contributed by atoms with E-state index in [1.54, 1.807) is 31.7 Å². The molecule has 0 radical (unpaired) electrons. The maximum atomic E-state index is 14.4. The molecular formula is C31H51N3O4. The number of rotatable bonds is 13. The second kappa shape index (κ2) is 14.9. The Balaban J connectivity index is 3.66. The number of hydrogen-bond acceptors (Lipinski definition) is 4. The van der Waals surface area contributed by atoms with E-state index in [2.05, 4.69) is 31.1 Å². The van der Waals surface area contributed by atoms with Crippen LogP contribution in [-0.2, 0) is 14.3 Å². The van der Waals surface area contributed by atoms with Crippen LogP contribution in [0.3, 0.4) is 0 Å². The number of carbonyl (C=O) groups excluding carboxylic acids is 3. The van der Waals surface area contributed by atoms with Gasteiger partial charge < -0.3 is 20.3 Å². The Labute approximate surface area is 230 Å². The van der Waals surface area contributed by atoms with Crippen molar-refractivity contribution >= 4 is 24.0 Å². The molecule has 0 aromatic heterocycles. The van der Waals surface area contributed by atoms with E-state index in [4.69, 9.17) is 4.74 Å². The highest BCUT2D eigenvalue weighted by Gasteiger charge is 2.39. The molecule has 38 heavy (non-hydrogen) atoms. The Morgan fingerprint density at radius 2 is 1.61 bits per heavy atom. The molecule has 0 saturated carbocycles. The van der Waals surface area contributed by atoms with Crippen molar-refractivity contribution in [3.05, 3.63) is 42.0 Å². The minimum Gasteiger partial charge on any atom is -0.444 e. The second-order valence-corrected chi connectivity index (χ2v) is 12.3. The van der Waals surface area contributed by atoms with E-state index >= 15 is 0 Å². The lowest BCUT2D eigenvalue weighted by atomic mass is 9.94. The van der Waals surface area contributed by atoms with Gasteiger partial charge in [0.15, 0.2) is 0 Å². The quantitative estimate of drug-likeness (QED) is 0.306. The van der Waals surface area contributed by atoms with Crippen LogP contribution < -0.4 is 10.6 Å². The van der Waals surface area contributed by atoms with E-state index in [-0.39, 0.29) is 29.8 Å². The van der Waals surface area contributed by atoms with Crippen molar-refractivity contribution < 1.29 is 19.1 Å². The number of nitrogens with zero attached hydrogens (tertiary/aromatic N) is 1. The normalized spacial score (nSPS) is 14.1. The third kappa shape index (κ3) is 11.3. The van der Waals surface area contributed by atoms with Crippen LogP contribution in [0.15, 0.2) is 30.8 Å². The molecule has 0 spiro atoms. The van der Waals surface area contributed by atoms with Gasteiger partial charge in [0.25, 0.3) is 0 Å². The van der Waals surface area contributed by atoms with E-state index in [9.17, 15) is 14.4 Å². The summed E-state index contributed by atoms with van der Waals surface area (Å²) in [5, 5.41) is 5.83. The molecule has 1 rings (SSSR count). The van der Waals surface area contributed by atoms with Crippen molar-refractivity contribution in [3.8, 4) is 0 Å². The van der Waals surface area contributed by atoms with Crippen LogP contribution in [0, 0.1) is 11.8 Å². The zero-order chi connectivity index (χ0) is 29.2. The molecule has 7 nitrogen and oxygen atoms in total. The summed E-state index contributed by atoms with van der Waals surface area (Å²) in [6.07, 6.45) is 3.10. The highest BCUT2D eigenvalue weighted by atomic mass is 16.6. The van der Waals surface area contributed by atoms with Crippen molar-refractivity contribution in [2.24, 2.45) is 11.8 Å². The molecule has 3 atom stereocenters. The number of hydrogen-bond donors (Lipinski definition) is 2. The molecule has 0 aliphatic heterocycles. The molecule has 3 amide bonds. The number of nitrogens with one attached hydrogen (secondary N) is 2. The monoisotopic (exact) mass is 529 g/mol. The Bertz CT molecular complexity index is 933. The molecule has 3 unspecified atom stereocenters. The smallest absolute Gasteiger partial charge is 0.408 e. The predicted molar refractivity (Wildman–Crippen MR) is 156 cm³/mol. The van der Waals surface area contributed by atoms with Crippen LogP contribution in [-0.4, -0.2) is 46.5 Å². The Morgan fingerprint density at radius 3 is 2.11 bits per heavy atom. The third-order valence-corrected chi connectivity index (χ3v) is 6.01. The standard InChI is InChI=1S/C31H51N3O4/c1-12-24-14-13-15-25(19-24)27(28(35)32-22(6)7)34(23(8)17-16-20(2)3)29(36)26(18-21(4)5)33-30(37)38-31(9,10)11/h12-15,19-23,26-27H,1,16-18H2,2-11H3,(H,32,35)(H,33,37). The van der Waals surface area contributed by atoms with E-state index in [0.717, 1.165) is 18.4 Å². The molecule has 0 saturated heterocycles. The van der Waals surface area contributed by atoms with Crippen molar-refractivity contribution in [3.63, 3.8) is 0 Å². The molecular weight excluding hydrogens is 478 g/mol. The van der Waals surface area contributed by atoms with Gasteiger partial charge in [-0.25, -0.2) is 4.79 Å². The Kier molecular flexibility index (Phi) is 13.0. The van der Waals surface area contributed by atoms with Crippen LogP contribution in [0.5, 0.6) is 0 Å². The van der Waals surface area contributed by atoms with Gasteiger partial charge in [0, 0.05) is 12.1 Å². The summed E-state index contributed by atoms with van der Waals surface area (Å²) in [5.74, 6) is 0.00628. The molecule has 0 bridgehead atoms. The average Bonchev–Trinajstić information content (AvgIpc) is 2.77. The van der Waals surface area contributed by atoms with Crippen molar-refractivity contribution in [1.29, 1.82) is 0 Å². The van der Waals surface area contributed by atoms with Crippen molar-refractivity contribution in [1.82, 2.24) is 15.5 Å². The fraction of sp³-hybridized carbons (Fsp3) is 0.645. The lowest BCUT2D eigenvalue weighted by Gasteiger charge is -2.39. The predicted octanol–water partition coefficient (Wildman–Crippen LogP) is 6.49. The van der Waals surface area contributed by atoms with Gasteiger partial charge in [0.2, 0.25) is 11.8 Å². The van der Waals surface area contributed by atoms with Gasteiger partial charge in [-0.15, -0.1) is 0 Å². The molecule has 2 N–H and O–H groups in total. The van der Waals surface area contributed by atoms with Crippen molar-refractivity contribution in [2.45, 2.75) is 118 Å². The van der Waals surface area contributed by atoms with Gasteiger partial charge in [-0.3, -0.25) is 9.59 Å². The fourth-order valence-electron chi connectivity index (χ4n) is 4.29. The lowest BCUT2D eigenvalue weighted by Crippen LogP contribution is -2.56. The molecule has 0 fully saturated rings. The molecule has 0 heterocycles. The summed E-state index contributed by atoms with van der Waals surface area (Å²) in [6, 6.07) is 5.46. The summed E-state index contributed by atoms with van der Waals surface area (Å²) < 4.78 is 5.48. The van der Waals surface area contributed by atoms with Crippen LogP contribution in [0.25, 0.3) is 6.08 Å². The molecule has 7 heteroatoms. The van der Waals surface area contributed by atoms with Gasteiger partial charge in [-0.1, -0.05) is 58.5 Å².